The molecule has 1 fully saturated rings. The standard InChI is InChI=1S/C13H14ClFN4O2S/c14-10-2-1-3-11(15)12(10)22(20,21)17-6-7-19-8-16-18-13(19)9-4-5-9/h1-3,8-9,17H,4-7H2. The van der Waals surface area contributed by atoms with Crippen LogP contribution in [-0.2, 0) is 16.6 Å². The number of sulfonamides is 1. The van der Waals surface area contributed by atoms with Gasteiger partial charge in [0.1, 0.15) is 22.9 Å². The number of nitrogens with zero attached hydrogens (tertiary/aromatic N) is 3. The molecule has 9 heteroatoms. The minimum absolute atomic E-state index is 0.102. The summed E-state index contributed by atoms with van der Waals surface area (Å²) in [6.45, 7) is 0.481. The Morgan fingerprint density at radius 1 is 1.41 bits per heavy atom. The van der Waals surface area contributed by atoms with Crippen LogP contribution in [0.3, 0.4) is 0 Å². The van der Waals surface area contributed by atoms with Crippen molar-refractivity contribution in [2.24, 2.45) is 0 Å². The summed E-state index contributed by atoms with van der Waals surface area (Å²) in [5.41, 5.74) is 0. The molecule has 6 nitrogen and oxygen atoms in total. The number of hydrogen-bond acceptors (Lipinski definition) is 4. The molecule has 1 saturated carbocycles. The molecule has 118 valence electrons. The highest BCUT2D eigenvalue weighted by molar-refractivity contribution is 7.89. The first-order valence-electron chi connectivity index (χ1n) is 6.80. The zero-order valence-electron chi connectivity index (χ0n) is 11.5. The molecule has 0 bridgehead atoms. The summed E-state index contributed by atoms with van der Waals surface area (Å²) in [5.74, 6) is 0.409. The van der Waals surface area contributed by atoms with E-state index < -0.39 is 20.7 Å². The average Bonchev–Trinajstić information content (AvgIpc) is 3.18. The largest absolute Gasteiger partial charge is 0.316 e. The highest BCUT2D eigenvalue weighted by Crippen LogP contribution is 2.38. The van der Waals surface area contributed by atoms with E-state index in [0.29, 0.717) is 12.5 Å². The van der Waals surface area contributed by atoms with Crippen molar-refractivity contribution in [2.45, 2.75) is 30.2 Å². The first-order chi connectivity index (χ1) is 10.5. The molecule has 0 radical (unpaired) electrons. The molecule has 0 amide bonds. The van der Waals surface area contributed by atoms with Crippen LogP contribution < -0.4 is 4.72 Å². The van der Waals surface area contributed by atoms with Crippen molar-refractivity contribution < 1.29 is 12.8 Å². The van der Waals surface area contributed by atoms with E-state index in [9.17, 15) is 12.8 Å². The van der Waals surface area contributed by atoms with Crippen molar-refractivity contribution in [1.82, 2.24) is 19.5 Å². The fourth-order valence-electron chi connectivity index (χ4n) is 2.21. The maximum absolute atomic E-state index is 13.7. The van der Waals surface area contributed by atoms with Crippen LogP contribution in [0.2, 0.25) is 5.02 Å². The molecule has 2 aromatic rings. The summed E-state index contributed by atoms with van der Waals surface area (Å²) >= 11 is 5.78. The monoisotopic (exact) mass is 344 g/mol. The van der Waals surface area contributed by atoms with Crippen molar-refractivity contribution in [2.75, 3.05) is 6.54 Å². The zero-order chi connectivity index (χ0) is 15.7. The van der Waals surface area contributed by atoms with Crippen molar-refractivity contribution in [3.8, 4) is 0 Å². The third-order valence-electron chi connectivity index (χ3n) is 3.42. The normalized spacial score (nSPS) is 15.2. The maximum atomic E-state index is 13.7. The van der Waals surface area contributed by atoms with Crippen LogP contribution in [0.15, 0.2) is 29.4 Å². The molecule has 1 aromatic carbocycles. The lowest BCUT2D eigenvalue weighted by molar-refractivity contribution is 0.550. The van der Waals surface area contributed by atoms with Crippen LogP contribution in [0.4, 0.5) is 4.39 Å². The van der Waals surface area contributed by atoms with E-state index >= 15 is 0 Å². The molecule has 1 N–H and O–H groups in total. The molecule has 0 aliphatic heterocycles. The predicted molar refractivity (Wildman–Crippen MR) is 78.6 cm³/mol. The van der Waals surface area contributed by atoms with Crippen LogP contribution >= 0.6 is 11.6 Å². The number of nitrogens with one attached hydrogen (secondary N) is 1. The SMILES string of the molecule is O=S(=O)(NCCn1cnnc1C1CC1)c1c(F)cccc1Cl. The van der Waals surface area contributed by atoms with Crippen LogP contribution in [0, 0.1) is 5.82 Å². The molecule has 1 aromatic heterocycles. The molecule has 1 aliphatic carbocycles. The minimum atomic E-state index is -4.00. The third-order valence-corrected chi connectivity index (χ3v) is 5.38. The van der Waals surface area contributed by atoms with Crippen LogP contribution in [0.1, 0.15) is 24.6 Å². The first kappa shape index (κ1) is 15.4. The topological polar surface area (TPSA) is 76.9 Å². The molecule has 0 unspecified atom stereocenters. The zero-order valence-corrected chi connectivity index (χ0v) is 13.1. The fourth-order valence-corrected chi connectivity index (χ4v) is 3.83. The lowest BCUT2D eigenvalue weighted by atomic mass is 10.3. The van der Waals surface area contributed by atoms with E-state index in [2.05, 4.69) is 14.9 Å². The average molecular weight is 345 g/mol. The van der Waals surface area contributed by atoms with Gasteiger partial charge in [0.25, 0.3) is 0 Å². The van der Waals surface area contributed by atoms with Gasteiger partial charge in [0.05, 0.1) is 5.02 Å². The second-order valence-electron chi connectivity index (χ2n) is 5.11. The number of benzene rings is 1. The summed E-state index contributed by atoms with van der Waals surface area (Å²) in [6.07, 6.45) is 3.72. The van der Waals surface area contributed by atoms with E-state index in [1.807, 2.05) is 4.57 Å². The Balaban J connectivity index is 1.69. The van der Waals surface area contributed by atoms with Gasteiger partial charge in [-0.3, -0.25) is 0 Å². The van der Waals surface area contributed by atoms with Gasteiger partial charge in [0, 0.05) is 19.0 Å². The molecule has 1 heterocycles. The Kier molecular flexibility index (Phi) is 4.16. The molecule has 0 saturated heterocycles. The molecule has 22 heavy (non-hydrogen) atoms. The Morgan fingerprint density at radius 2 is 2.18 bits per heavy atom. The summed E-state index contributed by atoms with van der Waals surface area (Å²) in [6, 6.07) is 3.76. The van der Waals surface area contributed by atoms with Crippen LogP contribution in [0.5, 0.6) is 0 Å². The Labute approximate surface area is 132 Å². The number of aromatic nitrogens is 3. The van der Waals surface area contributed by atoms with Crippen molar-refractivity contribution in [3.05, 3.63) is 41.2 Å². The van der Waals surface area contributed by atoms with E-state index in [-0.39, 0.29) is 11.6 Å². The lowest BCUT2D eigenvalue weighted by Gasteiger charge is -2.10. The molecule has 1 aliphatic rings. The van der Waals surface area contributed by atoms with E-state index in [4.69, 9.17) is 11.6 Å². The Bertz CT molecular complexity index is 769. The van der Waals surface area contributed by atoms with Gasteiger partial charge >= 0.3 is 0 Å². The van der Waals surface area contributed by atoms with Gasteiger partial charge in [-0.1, -0.05) is 17.7 Å². The highest BCUT2D eigenvalue weighted by Gasteiger charge is 2.28. The summed E-state index contributed by atoms with van der Waals surface area (Å²) in [7, 11) is -4.00. The molecular weight excluding hydrogens is 331 g/mol. The minimum Gasteiger partial charge on any atom is -0.316 e. The van der Waals surface area contributed by atoms with Gasteiger partial charge in [0.2, 0.25) is 10.0 Å². The van der Waals surface area contributed by atoms with Gasteiger partial charge in [-0.05, 0) is 25.0 Å². The predicted octanol–water partition coefficient (Wildman–Crippen LogP) is 1.93. The number of rotatable bonds is 6. The van der Waals surface area contributed by atoms with Crippen molar-refractivity contribution >= 4 is 21.6 Å². The summed E-state index contributed by atoms with van der Waals surface area (Å²) < 4.78 is 42.2. The van der Waals surface area contributed by atoms with Crippen molar-refractivity contribution in [1.29, 1.82) is 0 Å². The smallest absolute Gasteiger partial charge is 0.245 e. The quantitative estimate of drug-likeness (QED) is 0.868. The second-order valence-corrected chi connectivity index (χ2v) is 7.22. The molecule has 3 rings (SSSR count). The molecular formula is C13H14ClFN4O2S. The summed E-state index contributed by atoms with van der Waals surface area (Å²) in [5, 5.41) is 7.73. The van der Waals surface area contributed by atoms with E-state index in [1.165, 1.54) is 12.1 Å². The Hall–Kier alpha value is -1.51. The van der Waals surface area contributed by atoms with Gasteiger partial charge in [-0.2, -0.15) is 0 Å². The summed E-state index contributed by atoms with van der Waals surface area (Å²) in [4.78, 5) is -0.525. The van der Waals surface area contributed by atoms with E-state index in [1.54, 1.807) is 6.33 Å². The lowest BCUT2D eigenvalue weighted by Crippen LogP contribution is -2.28. The van der Waals surface area contributed by atoms with E-state index in [0.717, 1.165) is 24.7 Å². The van der Waals surface area contributed by atoms with Gasteiger partial charge in [-0.15, -0.1) is 10.2 Å². The van der Waals surface area contributed by atoms with Crippen LogP contribution in [-0.4, -0.2) is 29.7 Å². The van der Waals surface area contributed by atoms with Gasteiger partial charge < -0.3 is 4.57 Å². The number of halogens is 2. The number of hydrogen-bond donors (Lipinski definition) is 1. The molecule has 0 atom stereocenters. The highest BCUT2D eigenvalue weighted by atomic mass is 35.5. The van der Waals surface area contributed by atoms with Crippen molar-refractivity contribution in [3.63, 3.8) is 0 Å². The first-order valence-corrected chi connectivity index (χ1v) is 8.66. The van der Waals surface area contributed by atoms with Gasteiger partial charge in [0.15, 0.2) is 0 Å². The third kappa shape index (κ3) is 3.13. The van der Waals surface area contributed by atoms with Gasteiger partial charge in [-0.25, -0.2) is 17.5 Å². The second kappa shape index (κ2) is 5.94. The fraction of sp³-hybridized carbons (Fsp3) is 0.385. The Morgan fingerprint density at radius 3 is 2.86 bits per heavy atom. The molecule has 0 spiro atoms. The maximum Gasteiger partial charge on any atom is 0.245 e. The van der Waals surface area contributed by atoms with Crippen LogP contribution in [0.25, 0.3) is 0 Å².